The Morgan fingerprint density at radius 2 is 2.20 bits per heavy atom. The van der Waals surface area contributed by atoms with Crippen LogP contribution in [0.3, 0.4) is 0 Å². The van der Waals surface area contributed by atoms with Gasteiger partial charge in [-0.1, -0.05) is 0 Å². The van der Waals surface area contributed by atoms with Gasteiger partial charge in [0.1, 0.15) is 0 Å². The van der Waals surface area contributed by atoms with Gasteiger partial charge < -0.3 is 0 Å². The zero-order chi connectivity index (χ0) is 7.78. The molecule has 56 valence electrons. The van der Waals surface area contributed by atoms with Gasteiger partial charge in [-0.25, -0.2) is 4.40 Å². The molecule has 0 spiro atoms. The third-order valence-corrected chi connectivity index (χ3v) is 3.91. The van der Waals surface area contributed by atoms with Gasteiger partial charge in [-0.05, 0) is 39.0 Å². The minimum absolute atomic E-state index is 0.178. The summed E-state index contributed by atoms with van der Waals surface area (Å²) in [6.07, 6.45) is 2.80. The zero-order valence-electron chi connectivity index (χ0n) is 4.55. The van der Waals surface area contributed by atoms with E-state index in [-0.39, 0.29) is 4.91 Å². The van der Waals surface area contributed by atoms with Crippen molar-refractivity contribution in [1.82, 2.24) is 0 Å². The molecule has 0 aromatic rings. The fraction of sp³-hybridized carbons (Fsp3) is 0. The van der Waals surface area contributed by atoms with E-state index < -0.39 is 13.9 Å². The summed E-state index contributed by atoms with van der Waals surface area (Å²) in [6, 6.07) is 0. The summed E-state index contributed by atoms with van der Waals surface area (Å²) in [6.45, 7) is 0. The Morgan fingerprint density at radius 3 is 2.40 bits per heavy atom. The third-order valence-electron chi connectivity index (χ3n) is 0.877. The Kier molecular flexibility index (Phi) is 2.30. The maximum absolute atomic E-state index is 10.5. The first-order valence-corrected chi connectivity index (χ1v) is 5.84. The Labute approximate surface area is 73.3 Å². The molecule has 1 aliphatic rings. The first kappa shape index (κ1) is 8.40. The molecule has 0 saturated heterocycles. The summed E-state index contributed by atoms with van der Waals surface area (Å²) in [5, 5.41) is -0.641. The largest absolute Gasteiger partial charge is 0.275 e. The van der Waals surface area contributed by atoms with E-state index in [1.807, 2.05) is 0 Å². The van der Waals surface area contributed by atoms with Crippen LogP contribution in [0.4, 0.5) is 0 Å². The summed E-state index contributed by atoms with van der Waals surface area (Å²) in [5.74, 6) is 0. The van der Waals surface area contributed by atoms with Crippen molar-refractivity contribution >= 4 is 53.1 Å². The van der Waals surface area contributed by atoms with Gasteiger partial charge in [-0.15, -0.1) is 0 Å². The van der Waals surface area contributed by atoms with Crippen molar-refractivity contribution in [2.24, 2.45) is 4.40 Å². The molecule has 0 atom stereocenters. The van der Waals surface area contributed by atoms with Crippen molar-refractivity contribution in [2.75, 3.05) is 0 Å². The second-order valence-electron chi connectivity index (χ2n) is 1.50. The van der Waals surface area contributed by atoms with Crippen LogP contribution in [0.25, 0.3) is 0 Å². The lowest BCUT2D eigenvalue weighted by Gasteiger charge is -2.14. The van der Waals surface area contributed by atoms with Gasteiger partial charge >= 0.3 is 0 Å². The molecular weight excluding hydrogens is 216 g/mol. The number of nitrogens with zero attached hydrogens (tertiary/aromatic N) is 1. The number of allylic oxidation sites excluding steroid dienone is 2. The highest BCUT2D eigenvalue weighted by atomic mass is 36.0. The Hall–Kier alpha value is 0.300. The maximum atomic E-state index is 10.5. The minimum Gasteiger partial charge on any atom is -0.275 e. The summed E-state index contributed by atoms with van der Waals surface area (Å²) < 4.78 is 3.66. The van der Waals surface area contributed by atoms with E-state index in [1.165, 1.54) is 12.3 Å². The predicted octanol–water partition coefficient (Wildman–Crippen LogP) is 2.75. The van der Waals surface area contributed by atoms with Crippen LogP contribution in [0, 0.1) is 0 Å². The first-order valence-electron chi connectivity index (χ1n) is 2.22. The molecule has 10 heavy (non-hydrogen) atoms. The molecule has 0 fully saturated rings. The number of hydrogen-bond donors (Lipinski definition) is 0. The topological polar surface area (TPSA) is 29.4 Å². The van der Waals surface area contributed by atoms with Crippen molar-refractivity contribution in [2.45, 2.75) is 0 Å². The third kappa shape index (κ3) is 1.48. The van der Waals surface area contributed by atoms with Gasteiger partial charge in [0.2, 0.25) is 0 Å². The fourth-order valence-corrected chi connectivity index (χ4v) is 2.86. The predicted molar refractivity (Wildman–Crippen MR) is 46.7 cm³/mol. The molecule has 0 aromatic carbocycles. The lowest BCUT2D eigenvalue weighted by Crippen LogP contribution is -1.90. The molecule has 0 bridgehead atoms. The van der Waals surface area contributed by atoms with Crippen LogP contribution in [-0.2, 0) is 4.79 Å². The molecule has 1 aliphatic heterocycles. The van der Waals surface area contributed by atoms with E-state index in [0.29, 0.717) is 0 Å². The molecule has 0 unspecified atom stereocenters. The highest BCUT2D eigenvalue weighted by Crippen LogP contribution is 2.68. The molecule has 6 heteroatoms. The average Bonchev–Trinajstić information content (AvgIpc) is 2.08. The minimum atomic E-state index is -2.29. The molecule has 0 aliphatic carbocycles. The van der Waals surface area contributed by atoms with Gasteiger partial charge in [-0.2, -0.15) is 0 Å². The van der Waals surface area contributed by atoms with Crippen LogP contribution in [0.2, 0.25) is 0 Å². The summed E-state index contributed by atoms with van der Waals surface area (Å²) in [4.78, 5) is 10.7. The molecule has 1 rings (SSSR count). The maximum Gasteiger partial charge on any atom is 0.261 e. The molecule has 0 amide bonds. The van der Waals surface area contributed by atoms with Gasteiger partial charge in [0, 0.05) is 14.9 Å². The van der Waals surface area contributed by atoms with Gasteiger partial charge in [0.25, 0.3) is 5.24 Å². The van der Waals surface area contributed by atoms with Crippen LogP contribution < -0.4 is 0 Å². The summed E-state index contributed by atoms with van der Waals surface area (Å²) in [7, 11) is 8.92. The Bertz CT molecular complexity index is 235. The van der Waals surface area contributed by atoms with Crippen molar-refractivity contribution in [3.8, 4) is 0 Å². The second kappa shape index (κ2) is 2.74. The standard InChI is InChI=1S/C4H2Cl3NOS/c5-4(9)3-1-2-8-10(3,6)7/h1-2H. The lowest BCUT2D eigenvalue weighted by molar-refractivity contribution is -0.107. The van der Waals surface area contributed by atoms with E-state index in [9.17, 15) is 4.79 Å². The molecule has 0 aromatic heterocycles. The number of halogens is 3. The van der Waals surface area contributed by atoms with Crippen LogP contribution in [0.15, 0.2) is 15.4 Å². The van der Waals surface area contributed by atoms with E-state index in [1.54, 1.807) is 0 Å². The van der Waals surface area contributed by atoms with Crippen LogP contribution in [0.1, 0.15) is 0 Å². The Balaban J connectivity index is 2.93. The van der Waals surface area contributed by atoms with E-state index in [0.717, 1.165) is 0 Å². The first-order chi connectivity index (χ1) is 4.54. The normalized spacial score (nSPS) is 24.1. The second-order valence-corrected chi connectivity index (χ2v) is 6.53. The van der Waals surface area contributed by atoms with Crippen molar-refractivity contribution in [1.29, 1.82) is 0 Å². The van der Waals surface area contributed by atoms with Gasteiger partial charge in [0.05, 0.1) is 4.91 Å². The highest BCUT2D eigenvalue weighted by molar-refractivity contribution is 8.68. The van der Waals surface area contributed by atoms with Crippen LogP contribution >= 0.6 is 41.6 Å². The fourth-order valence-electron chi connectivity index (χ4n) is 0.475. The quantitative estimate of drug-likeness (QED) is 0.622. The number of hydrogen-bond acceptors (Lipinski definition) is 2. The van der Waals surface area contributed by atoms with Crippen LogP contribution in [-0.4, -0.2) is 11.5 Å². The average molecular weight is 218 g/mol. The van der Waals surface area contributed by atoms with Gasteiger partial charge in [0.15, 0.2) is 0 Å². The SMILES string of the molecule is O=C(Cl)C1=CC=NS1(Cl)Cl. The monoisotopic (exact) mass is 217 g/mol. The van der Waals surface area contributed by atoms with E-state index in [2.05, 4.69) is 4.40 Å². The molecule has 0 saturated carbocycles. The lowest BCUT2D eigenvalue weighted by atomic mass is 10.5. The van der Waals surface area contributed by atoms with Gasteiger partial charge in [-0.3, -0.25) is 4.79 Å². The molecule has 0 radical (unpaired) electrons. The molecule has 1 heterocycles. The number of rotatable bonds is 1. The van der Waals surface area contributed by atoms with Crippen molar-refractivity contribution in [3.05, 3.63) is 11.0 Å². The van der Waals surface area contributed by atoms with Crippen molar-refractivity contribution in [3.63, 3.8) is 0 Å². The van der Waals surface area contributed by atoms with Crippen molar-refractivity contribution < 1.29 is 4.79 Å². The molecule has 2 nitrogen and oxygen atoms in total. The molecular formula is C4H2Cl3NOS. The summed E-state index contributed by atoms with van der Waals surface area (Å²) in [5.41, 5.74) is 0. The molecule has 0 N–H and O–H groups in total. The van der Waals surface area contributed by atoms with E-state index in [4.69, 9.17) is 33.0 Å². The van der Waals surface area contributed by atoms with E-state index >= 15 is 0 Å². The van der Waals surface area contributed by atoms with Crippen LogP contribution in [0.5, 0.6) is 0 Å². The number of carbonyl (C=O) groups excluding carboxylic acids is 1. The summed E-state index contributed by atoms with van der Waals surface area (Å²) >= 11 is 5.13. The number of carbonyl (C=O) groups is 1. The highest BCUT2D eigenvalue weighted by Gasteiger charge is 2.29. The zero-order valence-corrected chi connectivity index (χ0v) is 7.64. The smallest absolute Gasteiger partial charge is 0.261 e. The Morgan fingerprint density at radius 1 is 1.60 bits per heavy atom.